The van der Waals surface area contributed by atoms with Crippen LogP contribution in [-0.2, 0) is 0 Å². The minimum atomic E-state index is -0.195. The summed E-state index contributed by atoms with van der Waals surface area (Å²) in [6.07, 6.45) is 0. The van der Waals surface area contributed by atoms with Gasteiger partial charge in [0.05, 0.1) is 18.2 Å². The Morgan fingerprint density at radius 1 is 1.12 bits per heavy atom. The first kappa shape index (κ1) is 16.9. The van der Waals surface area contributed by atoms with E-state index in [4.69, 9.17) is 4.74 Å². The number of aromatic nitrogens is 1. The first-order valence-corrected chi connectivity index (χ1v) is 9.52. The molecule has 0 bridgehead atoms. The van der Waals surface area contributed by atoms with Gasteiger partial charge < -0.3 is 14.8 Å². The molecule has 4 rings (SSSR count). The van der Waals surface area contributed by atoms with Gasteiger partial charge in [0.15, 0.2) is 11.5 Å². The quantitative estimate of drug-likeness (QED) is 0.459. The number of halogens is 1. The molecule has 0 aliphatic rings. The van der Waals surface area contributed by atoms with Crippen LogP contribution in [0.1, 0.15) is 0 Å². The highest BCUT2D eigenvalue weighted by atomic mass is 79.9. The predicted octanol–water partition coefficient (Wildman–Crippen LogP) is 5.40. The van der Waals surface area contributed by atoms with Gasteiger partial charge in [-0.05, 0) is 35.2 Å². The van der Waals surface area contributed by atoms with Gasteiger partial charge in [-0.15, -0.1) is 11.3 Å². The van der Waals surface area contributed by atoms with E-state index in [2.05, 4.69) is 20.9 Å². The number of benzene rings is 2. The van der Waals surface area contributed by atoms with Crippen molar-refractivity contribution in [1.29, 1.82) is 0 Å². The third-order valence-corrected chi connectivity index (χ3v) is 5.58. The average Bonchev–Trinajstić information content (AvgIpc) is 3.14. The summed E-state index contributed by atoms with van der Waals surface area (Å²) in [6, 6.07) is 15.0. The molecule has 0 atom stereocenters. The SMILES string of the molecule is COc1cc2c(-c3cccc(Br)c3)c(-c3cccs3)c(=O)[nH]c2cc1O. The van der Waals surface area contributed by atoms with E-state index >= 15 is 0 Å². The minimum Gasteiger partial charge on any atom is -0.504 e. The van der Waals surface area contributed by atoms with Gasteiger partial charge in [0, 0.05) is 26.4 Å². The molecule has 0 fully saturated rings. The van der Waals surface area contributed by atoms with Gasteiger partial charge in [-0.25, -0.2) is 0 Å². The number of aromatic amines is 1. The normalized spacial score (nSPS) is 11.0. The van der Waals surface area contributed by atoms with Crippen molar-refractivity contribution in [2.45, 2.75) is 0 Å². The number of fused-ring (bicyclic) bond motifs is 1. The maximum atomic E-state index is 12.9. The fourth-order valence-electron chi connectivity index (χ4n) is 3.07. The van der Waals surface area contributed by atoms with Gasteiger partial charge in [-0.1, -0.05) is 34.1 Å². The monoisotopic (exact) mass is 427 g/mol. The topological polar surface area (TPSA) is 62.3 Å². The Kier molecular flexibility index (Phi) is 4.30. The maximum absolute atomic E-state index is 12.9. The fourth-order valence-corrected chi connectivity index (χ4v) is 4.25. The summed E-state index contributed by atoms with van der Waals surface area (Å²) < 4.78 is 6.20. The van der Waals surface area contributed by atoms with Crippen LogP contribution in [0.4, 0.5) is 0 Å². The van der Waals surface area contributed by atoms with Crippen LogP contribution in [0.25, 0.3) is 32.5 Å². The number of aromatic hydroxyl groups is 1. The van der Waals surface area contributed by atoms with Crippen LogP contribution in [-0.4, -0.2) is 17.2 Å². The predicted molar refractivity (Wildman–Crippen MR) is 109 cm³/mol. The van der Waals surface area contributed by atoms with Crippen LogP contribution < -0.4 is 10.3 Å². The highest BCUT2D eigenvalue weighted by molar-refractivity contribution is 9.10. The summed E-state index contributed by atoms with van der Waals surface area (Å²) in [5.74, 6) is 0.345. The van der Waals surface area contributed by atoms with E-state index in [1.165, 1.54) is 24.5 Å². The Hall–Kier alpha value is -2.57. The van der Waals surface area contributed by atoms with Gasteiger partial charge in [-0.3, -0.25) is 4.79 Å². The lowest BCUT2D eigenvalue weighted by Crippen LogP contribution is -2.10. The lowest BCUT2D eigenvalue weighted by Gasteiger charge is -2.14. The summed E-state index contributed by atoms with van der Waals surface area (Å²) in [5, 5.41) is 12.9. The Bertz CT molecular complexity index is 1170. The molecule has 130 valence electrons. The Morgan fingerprint density at radius 3 is 2.65 bits per heavy atom. The Labute approximate surface area is 161 Å². The second-order valence-electron chi connectivity index (χ2n) is 5.76. The molecule has 0 saturated carbocycles. The van der Waals surface area contributed by atoms with Crippen molar-refractivity contribution in [3.63, 3.8) is 0 Å². The third kappa shape index (κ3) is 2.81. The molecule has 0 aliphatic heterocycles. The Balaban J connectivity index is 2.19. The zero-order chi connectivity index (χ0) is 18.3. The summed E-state index contributed by atoms with van der Waals surface area (Å²) in [7, 11) is 1.51. The van der Waals surface area contributed by atoms with E-state index in [0.29, 0.717) is 16.8 Å². The van der Waals surface area contributed by atoms with Crippen molar-refractivity contribution in [3.05, 3.63) is 68.7 Å². The molecule has 2 N–H and O–H groups in total. The van der Waals surface area contributed by atoms with Gasteiger partial charge in [-0.2, -0.15) is 0 Å². The number of thiophene rings is 1. The smallest absolute Gasteiger partial charge is 0.257 e. The van der Waals surface area contributed by atoms with E-state index in [-0.39, 0.29) is 11.3 Å². The van der Waals surface area contributed by atoms with Crippen molar-refractivity contribution in [2.24, 2.45) is 0 Å². The number of phenols is 1. The van der Waals surface area contributed by atoms with Crippen LogP contribution >= 0.6 is 27.3 Å². The molecule has 0 aliphatic carbocycles. The van der Waals surface area contributed by atoms with Gasteiger partial charge in [0.2, 0.25) is 0 Å². The zero-order valence-corrected chi connectivity index (χ0v) is 16.1. The van der Waals surface area contributed by atoms with Crippen LogP contribution in [0.3, 0.4) is 0 Å². The first-order chi connectivity index (χ1) is 12.6. The lowest BCUT2D eigenvalue weighted by molar-refractivity contribution is 0.374. The van der Waals surface area contributed by atoms with E-state index in [9.17, 15) is 9.90 Å². The van der Waals surface area contributed by atoms with E-state index in [1.807, 2.05) is 41.8 Å². The van der Waals surface area contributed by atoms with Crippen molar-refractivity contribution in [1.82, 2.24) is 4.98 Å². The van der Waals surface area contributed by atoms with Crippen molar-refractivity contribution in [3.8, 4) is 33.1 Å². The summed E-state index contributed by atoms with van der Waals surface area (Å²) in [4.78, 5) is 16.7. The molecular weight excluding hydrogens is 414 g/mol. The van der Waals surface area contributed by atoms with Crippen molar-refractivity contribution in [2.75, 3.05) is 7.11 Å². The number of hydrogen-bond acceptors (Lipinski definition) is 4. The van der Waals surface area contributed by atoms with Crippen LogP contribution in [0.15, 0.2) is 63.2 Å². The molecular formula is C20H14BrNO3S. The highest BCUT2D eigenvalue weighted by Gasteiger charge is 2.19. The molecule has 6 heteroatoms. The number of methoxy groups -OCH3 is 1. The van der Waals surface area contributed by atoms with E-state index in [1.54, 1.807) is 6.07 Å². The Morgan fingerprint density at radius 2 is 1.96 bits per heavy atom. The molecule has 4 nitrogen and oxygen atoms in total. The largest absolute Gasteiger partial charge is 0.504 e. The standard InChI is InChI=1S/C20H14BrNO3S/c1-25-16-9-13-14(10-15(16)23)22-20(24)19(17-6-3-7-26-17)18(13)11-4-2-5-12(21)8-11/h2-10,23H,1H3,(H,22,24). The second-order valence-corrected chi connectivity index (χ2v) is 7.62. The number of ether oxygens (including phenoxy) is 1. The zero-order valence-electron chi connectivity index (χ0n) is 13.7. The first-order valence-electron chi connectivity index (χ1n) is 7.85. The summed E-state index contributed by atoms with van der Waals surface area (Å²) >= 11 is 5.02. The highest BCUT2D eigenvalue weighted by Crippen LogP contribution is 2.40. The molecule has 2 aromatic heterocycles. The van der Waals surface area contributed by atoms with Crippen molar-refractivity contribution < 1.29 is 9.84 Å². The van der Waals surface area contributed by atoms with E-state index < -0.39 is 0 Å². The average molecular weight is 428 g/mol. The number of pyridine rings is 1. The molecule has 0 spiro atoms. The number of phenolic OH excluding ortho intramolecular Hbond substituents is 1. The molecule has 4 aromatic rings. The number of hydrogen-bond donors (Lipinski definition) is 2. The minimum absolute atomic E-state index is 0.0142. The van der Waals surface area contributed by atoms with Crippen LogP contribution in [0.2, 0.25) is 0 Å². The van der Waals surface area contributed by atoms with E-state index in [0.717, 1.165) is 25.9 Å². The molecule has 26 heavy (non-hydrogen) atoms. The summed E-state index contributed by atoms with van der Waals surface area (Å²) in [6.45, 7) is 0. The summed E-state index contributed by atoms with van der Waals surface area (Å²) in [5.41, 5.74) is 2.69. The number of nitrogens with one attached hydrogen (secondary N) is 1. The second kappa shape index (κ2) is 6.63. The van der Waals surface area contributed by atoms with Crippen LogP contribution in [0, 0.1) is 0 Å². The fraction of sp³-hybridized carbons (Fsp3) is 0.0500. The van der Waals surface area contributed by atoms with Gasteiger partial charge in [0.25, 0.3) is 5.56 Å². The van der Waals surface area contributed by atoms with Crippen molar-refractivity contribution >= 4 is 38.2 Å². The van der Waals surface area contributed by atoms with Gasteiger partial charge in [0.1, 0.15) is 0 Å². The molecule has 0 amide bonds. The molecule has 0 saturated heterocycles. The third-order valence-electron chi connectivity index (χ3n) is 4.19. The number of rotatable bonds is 3. The molecule has 2 heterocycles. The molecule has 0 radical (unpaired) electrons. The van der Waals surface area contributed by atoms with Gasteiger partial charge >= 0.3 is 0 Å². The maximum Gasteiger partial charge on any atom is 0.257 e. The molecule has 2 aromatic carbocycles. The van der Waals surface area contributed by atoms with Crippen LogP contribution in [0.5, 0.6) is 11.5 Å². The lowest BCUT2D eigenvalue weighted by atomic mass is 9.95. The molecule has 0 unspecified atom stereocenters. The number of H-pyrrole nitrogens is 1.